The number of piperazine rings is 1. The van der Waals surface area contributed by atoms with Crippen LogP contribution in [-0.4, -0.2) is 47.9 Å². The number of hydrogen-bond donors (Lipinski definition) is 3. The first-order chi connectivity index (χ1) is 8.88. The van der Waals surface area contributed by atoms with Crippen LogP contribution in [0.5, 0.6) is 0 Å². The molecule has 0 saturated carbocycles. The summed E-state index contributed by atoms with van der Waals surface area (Å²) in [6, 6.07) is -1.94. The lowest BCUT2D eigenvalue weighted by Crippen LogP contribution is -2.61. The van der Waals surface area contributed by atoms with Gasteiger partial charge in [0.2, 0.25) is 11.8 Å². The Kier molecular flexibility index (Phi) is 5.14. The summed E-state index contributed by atoms with van der Waals surface area (Å²) in [5.41, 5.74) is 5.12. The fraction of sp³-hybridized carbons (Fsp3) is 0.750. The van der Waals surface area contributed by atoms with Crippen molar-refractivity contribution < 1.29 is 14.4 Å². The third-order valence-corrected chi connectivity index (χ3v) is 3.56. The third kappa shape index (κ3) is 3.59. The number of carbonyl (C=O) groups excluding carboxylic acids is 3. The predicted molar refractivity (Wildman–Crippen MR) is 70.1 cm³/mol. The molecular formula is C12H22N4O3. The van der Waals surface area contributed by atoms with E-state index >= 15 is 0 Å². The molecule has 1 fully saturated rings. The Morgan fingerprint density at radius 2 is 2.21 bits per heavy atom. The molecule has 19 heavy (non-hydrogen) atoms. The number of urea groups is 1. The number of primary amides is 1. The number of hydrogen-bond acceptors (Lipinski definition) is 3. The summed E-state index contributed by atoms with van der Waals surface area (Å²) in [7, 11) is 0. The summed E-state index contributed by atoms with van der Waals surface area (Å²) in [6.45, 7) is 6.34. The molecule has 0 aromatic heterocycles. The number of amides is 4. The summed E-state index contributed by atoms with van der Waals surface area (Å²) in [4.78, 5) is 36.6. The van der Waals surface area contributed by atoms with Crippen molar-refractivity contribution in [2.24, 2.45) is 11.7 Å². The van der Waals surface area contributed by atoms with Crippen LogP contribution in [-0.2, 0) is 9.59 Å². The standard InChI is InChI=1S/C12H22N4O3/c1-4-7(2)9(15-12(13)19)11(18)16-6-5-14-10(17)8(16)3/h7-9H,4-6H2,1-3H3,(H,14,17)(H3,13,15,19). The molecular weight excluding hydrogens is 248 g/mol. The average molecular weight is 270 g/mol. The molecule has 0 radical (unpaired) electrons. The van der Waals surface area contributed by atoms with Gasteiger partial charge in [0.15, 0.2) is 0 Å². The Bertz CT molecular complexity index is 372. The summed E-state index contributed by atoms with van der Waals surface area (Å²) in [6.07, 6.45) is 0.727. The predicted octanol–water partition coefficient (Wildman–Crippen LogP) is -0.584. The van der Waals surface area contributed by atoms with Crippen LogP contribution in [0.25, 0.3) is 0 Å². The molecule has 1 aliphatic heterocycles. The molecule has 1 heterocycles. The van der Waals surface area contributed by atoms with E-state index in [2.05, 4.69) is 10.6 Å². The van der Waals surface area contributed by atoms with Gasteiger partial charge in [-0.15, -0.1) is 0 Å². The maximum Gasteiger partial charge on any atom is 0.312 e. The van der Waals surface area contributed by atoms with Crippen molar-refractivity contribution in [3.8, 4) is 0 Å². The normalized spacial score (nSPS) is 22.4. The number of nitrogens with one attached hydrogen (secondary N) is 2. The highest BCUT2D eigenvalue weighted by Gasteiger charge is 2.35. The van der Waals surface area contributed by atoms with E-state index in [0.717, 1.165) is 6.42 Å². The van der Waals surface area contributed by atoms with Crippen LogP contribution in [0.15, 0.2) is 0 Å². The van der Waals surface area contributed by atoms with Crippen LogP contribution in [0.2, 0.25) is 0 Å². The number of nitrogens with zero attached hydrogens (tertiary/aromatic N) is 1. The third-order valence-electron chi connectivity index (χ3n) is 3.56. The molecule has 0 aliphatic carbocycles. The highest BCUT2D eigenvalue weighted by atomic mass is 16.2. The maximum absolute atomic E-state index is 12.5. The second kappa shape index (κ2) is 6.40. The summed E-state index contributed by atoms with van der Waals surface area (Å²) in [5, 5.41) is 5.17. The summed E-state index contributed by atoms with van der Waals surface area (Å²) >= 11 is 0. The van der Waals surface area contributed by atoms with Crippen LogP contribution < -0.4 is 16.4 Å². The van der Waals surface area contributed by atoms with E-state index < -0.39 is 18.1 Å². The van der Waals surface area contributed by atoms with Gasteiger partial charge in [0.25, 0.3) is 0 Å². The van der Waals surface area contributed by atoms with Gasteiger partial charge in [-0.3, -0.25) is 9.59 Å². The van der Waals surface area contributed by atoms with Gasteiger partial charge in [-0.25, -0.2) is 4.79 Å². The Balaban J connectivity index is 2.85. The van der Waals surface area contributed by atoms with Crippen molar-refractivity contribution in [2.75, 3.05) is 13.1 Å². The molecule has 108 valence electrons. The zero-order valence-electron chi connectivity index (χ0n) is 11.6. The number of rotatable bonds is 4. The lowest BCUT2D eigenvalue weighted by Gasteiger charge is -2.36. The van der Waals surface area contributed by atoms with Gasteiger partial charge in [-0.1, -0.05) is 20.3 Å². The van der Waals surface area contributed by atoms with E-state index in [9.17, 15) is 14.4 Å². The van der Waals surface area contributed by atoms with Crippen molar-refractivity contribution >= 4 is 17.8 Å². The molecule has 0 aromatic carbocycles. The first-order valence-corrected chi connectivity index (χ1v) is 6.52. The van der Waals surface area contributed by atoms with E-state index in [0.29, 0.717) is 13.1 Å². The van der Waals surface area contributed by atoms with E-state index in [-0.39, 0.29) is 17.7 Å². The molecule has 1 saturated heterocycles. The van der Waals surface area contributed by atoms with E-state index in [1.807, 2.05) is 13.8 Å². The second-order valence-corrected chi connectivity index (χ2v) is 4.87. The molecule has 0 bridgehead atoms. The molecule has 4 N–H and O–H groups in total. The fourth-order valence-corrected chi connectivity index (χ4v) is 2.10. The fourth-order valence-electron chi connectivity index (χ4n) is 2.10. The highest BCUT2D eigenvalue weighted by molar-refractivity contribution is 5.92. The first kappa shape index (κ1) is 15.3. The Labute approximate surface area is 112 Å². The van der Waals surface area contributed by atoms with Crippen LogP contribution in [0, 0.1) is 5.92 Å². The van der Waals surface area contributed by atoms with Gasteiger partial charge in [-0.2, -0.15) is 0 Å². The van der Waals surface area contributed by atoms with Crippen LogP contribution >= 0.6 is 0 Å². The highest BCUT2D eigenvalue weighted by Crippen LogP contribution is 2.14. The summed E-state index contributed by atoms with van der Waals surface area (Å²) in [5.74, 6) is -0.478. The minimum Gasteiger partial charge on any atom is -0.353 e. The van der Waals surface area contributed by atoms with Crippen molar-refractivity contribution in [3.63, 3.8) is 0 Å². The van der Waals surface area contributed by atoms with Crippen LogP contribution in [0.3, 0.4) is 0 Å². The molecule has 3 unspecified atom stereocenters. The average Bonchev–Trinajstić information content (AvgIpc) is 2.37. The monoisotopic (exact) mass is 270 g/mol. The van der Waals surface area contributed by atoms with Crippen molar-refractivity contribution in [1.82, 2.24) is 15.5 Å². The van der Waals surface area contributed by atoms with E-state index in [4.69, 9.17) is 5.73 Å². The van der Waals surface area contributed by atoms with Gasteiger partial charge < -0.3 is 21.3 Å². The smallest absolute Gasteiger partial charge is 0.312 e. The van der Waals surface area contributed by atoms with E-state index in [1.165, 1.54) is 4.90 Å². The van der Waals surface area contributed by atoms with Gasteiger partial charge in [0, 0.05) is 13.1 Å². The van der Waals surface area contributed by atoms with Crippen molar-refractivity contribution in [3.05, 3.63) is 0 Å². The largest absolute Gasteiger partial charge is 0.353 e. The van der Waals surface area contributed by atoms with Crippen LogP contribution in [0.1, 0.15) is 27.2 Å². The summed E-state index contributed by atoms with van der Waals surface area (Å²) < 4.78 is 0. The Morgan fingerprint density at radius 1 is 1.58 bits per heavy atom. The molecule has 0 aromatic rings. The zero-order valence-corrected chi connectivity index (χ0v) is 11.6. The molecule has 1 rings (SSSR count). The molecule has 1 aliphatic rings. The lowest BCUT2D eigenvalue weighted by atomic mass is 9.97. The second-order valence-electron chi connectivity index (χ2n) is 4.87. The molecule has 0 spiro atoms. The quantitative estimate of drug-likeness (QED) is 0.636. The molecule has 4 amide bonds. The maximum atomic E-state index is 12.5. The van der Waals surface area contributed by atoms with Crippen LogP contribution in [0.4, 0.5) is 4.79 Å². The Morgan fingerprint density at radius 3 is 2.74 bits per heavy atom. The molecule has 3 atom stereocenters. The zero-order chi connectivity index (χ0) is 14.6. The van der Waals surface area contributed by atoms with E-state index in [1.54, 1.807) is 6.92 Å². The van der Waals surface area contributed by atoms with Gasteiger partial charge in [-0.05, 0) is 12.8 Å². The lowest BCUT2D eigenvalue weighted by molar-refractivity contribution is -0.144. The number of nitrogens with two attached hydrogens (primary N) is 1. The minimum absolute atomic E-state index is 0.0443. The topological polar surface area (TPSA) is 105 Å². The van der Waals surface area contributed by atoms with Crippen molar-refractivity contribution in [2.45, 2.75) is 39.3 Å². The first-order valence-electron chi connectivity index (χ1n) is 6.52. The number of carbonyl (C=O) groups is 3. The van der Waals surface area contributed by atoms with Gasteiger partial charge in [0.05, 0.1) is 0 Å². The molecule has 7 nitrogen and oxygen atoms in total. The van der Waals surface area contributed by atoms with Gasteiger partial charge in [0.1, 0.15) is 12.1 Å². The Hall–Kier alpha value is -1.79. The minimum atomic E-state index is -0.729. The van der Waals surface area contributed by atoms with Crippen molar-refractivity contribution in [1.29, 1.82) is 0 Å². The molecule has 7 heteroatoms. The SMILES string of the molecule is CCC(C)C(NC(N)=O)C(=O)N1CCNC(=O)C1C. The van der Waals surface area contributed by atoms with Gasteiger partial charge >= 0.3 is 6.03 Å².